The lowest BCUT2D eigenvalue weighted by Crippen LogP contribution is -2.38. The van der Waals surface area contributed by atoms with Crippen molar-refractivity contribution < 1.29 is 17.9 Å². The van der Waals surface area contributed by atoms with Gasteiger partial charge in [0, 0.05) is 22.4 Å². The first-order chi connectivity index (χ1) is 11.6. The van der Waals surface area contributed by atoms with Gasteiger partial charge in [-0.05, 0) is 12.1 Å². The van der Waals surface area contributed by atoms with E-state index in [-0.39, 0.29) is 28.7 Å². The lowest BCUT2D eigenvalue weighted by molar-refractivity contribution is -0.124. The van der Waals surface area contributed by atoms with Crippen molar-refractivity contribution in [3.63, 3.8) is 0 Å². The molecule has 0 aromatic heterocycles. The number of carbonyl (C=O) groups is 1. The monoisotopic (exact) mass is 382 g/mol. The van der Waals surface area contributed by atoms with Crippen molar-refractivity contribution in [3.8, 4) is 5.75 Å². The lowest BCUT2D eigenvalue weighted by atomic mass is 9.96. The van der Waals surface area contributed by atoms with Crippen LogP contribution in [0.25, 0.3) is 0 Å². The van der Waals surface area contributed by atoms with Gasteiger partial charge in [0.05, 0.1) is 24.7 Å². The SMILES string of the molecule is COc1cccc(N2C(=NC(=O)C(C)(C)C)S[C@H]3CS(=O)(=O)C[C@H]32)c1. The zero-order chi connectivity index (χ0) is 18.4. The quantitative estimate of drug-likeness (QED) is 0.781. The first-order valence-corrected chi connectivity index (χ1v) is 10.7. The molecule has 2 atom stereocenters. The van der Waals surface area contributed by atoms with Crippen molar-refractivity contribution in [2.24, 2.45) is 10.4 Å². The number of hydrogen-bond acceptors (Lipinski definition) is 5. The predicted octanol–water partition coefficient (Wildman–Crippen LogP) is 2.34. The van der Waals surface area contributed by atoms with Gasteiger partial charge < -0.3 is 9.64 Å². The molecule has 1 aromatic rings. The molecule has 0 bridgehead atoms. The molecule has 2 fully saturated rings. The summed E-state index contributed by atoms with van der Waals surface area (Å²) in [6.07, 6.45) is 0. The van der Waals surface area contributed by atoms with Crippen LogP contribution in [0.1, 0.15) is 20.8 Å². The zero-order valence-corrected chi connectivity index (χ0v) is 16.4. The highest BCUT2D eigenvalue weighted by Gasteiger charge is 2.49. The number of thioether (sulfide) groups is 1. The van der Waals surface area contributed by atoms with Gasteiger partial charge >= 0.3 is 0 Å². The number of nitrogens with zero attached hydrogens (tertiary/aromatic N) is 2. The normalized spacial score (nSPS) is 26.7. The fraction of sp³-hybridized carbons (Fsp3) is 0.529. The Labute approximate surface area is 152 Å². The zero-order valence-electron chi connectivity index (χ0n) is 14.7. The first kappa shape index (κ1) is 18.3. The molecule has 8 heteroatoms. The minimum Gasteiger partial charge on any atom is -0.497 e. The third kappa shape index (κ3) is 3.69. The van der Waals surface area contributed by atoms with E-state index >= 15 is 0 Å². The molecule has 3 rings (SSSR count). The number of fused-ring (bicyclic) bond motifs is 1. The Morgan fingerprint density at radius 1 is 1.32 bits per heavy atom. The van der Waals surface area contributed by atoms with E-state index in [1.165, 1.54) is 11.8 Å². The van der Waals surface area contributed by atoms with Crippen LogP contribution in [0.3, 0.4) is 0 Å². The summed E-state index contributed by atoms with van der Waals surface area (Å²) in [7, 11) is -1.49. The van der Waals surface area contributed by atoms with Crippen LogP contribution in [-0.2, 0) is 14.6 Å². The number of methoxy groups -OCH3 is 1. The van der Waals surface area contributed by atoms with Crippen molar-refractivity contribution in [1.29, 1.82) is 0 Å². The highest BCUT2D eigenvalue weighted by Crippen LogP contribution is 2.41. The van der Waals surface area contributed by atoms with Gasteiger partial charge in [0.1, 0.15) is 5.75 Å². The van der Waals surface area contributed by atoms with E-state index in [9.17, 15) is 13.2 Å². The number of hydrogen-bond donors (Lipinski definition) is 0. The molecule has 0 N–H and O–H groups in total. The fourth-order valence-electron chi connectivity index (χ4n) is 2.88. The van der Waals surface area contributed by atoms with Crippen molar-refractivity contribution in [3.05, 3.63) is 24.3 Å². The Balaban J connectivity index is 2.03. The third-order valence-electron chi connectivity index (χ3n) is 4.24. The lowest BCUT2D eigenvalue weighted by Gasteiger charge is -2.25. The molecule has 1 amide bonds. The van der Waals surface area contributed by atoms with Crippen LogP contribution in [0.5, 0.6) is 5.75 Å². The number of carbonyl (C=O) groups excluding carboxylic acids is 1. The molecular formula is C17H22N2O4S2. The largest absolute Gasteiger partial charge is 0.497 e. The Morgan fingerprint density at radius 3 is 2.68 bits per heavy atom. The maximum atomic E-state index is 12.4. The molecule has 0 spiro atoms. The highest BCUT2D eigenvalue weighted by molar-refractivity contribution is 8.16. The minimum atomic E-state index is -3.08. The molecule has 136 valence electrons. The van der Waals surface area contributed by atoms with Crippen LogP contribution in [0.4, 0.5) is 5.69 Å². The van der Waals surface area contributed by atoms with E-state index in [0.29, 0.717) is 10.9 Å². The van der Waals surface area contributed by atoms with E-state index in [2.05, 4.69) is 4.99 Å². The molecule has 0 saturated carbocycles. The molecule has 2 aliphatic rings. The molecule has 2 heterocycles. The van der Waals surface area contributed by atoms with Crippen molar-refractivity contribution >= 4 is 38.4 Å². The summed E-state index contributed by atoms with van der Waals surface area (Å²) >= 11 is 1.38. The standard InChI is InChI=1S/C17H22N2O4S2/c1-17(2,3)15(20)18-16-19(11-6-5-7-12(8-11)23-4)13-9-25(21,22)10-14(13)24-16/h5-8,13-14H,9-10H2,1-4H3/t13-,14+/m1/s1. The number of anilines is 1. The molecular weight excluding hydrogens is 360 g/mol. The van der Waals surface area contributed by atoms with Crippen LogP contribution in [-0.4, -0.2) is 49.4 Å². The van der Waals surface area contributed by atoms with Gasteiger partial charge in [-0.15, -0.1) is 0 Å². The van der Waals surface area contributed by atoms with Gasteiger partial charge in [-0.2, -0.15) is 4.99 Å². The van der Waals surface area contributed by atoms with Gasteiger partial charge in [0.15, 0.2) is 15.0 Å². The van der Waals surface area contributed by atoms with Crippen LogP contribution in [0.15, 0.2) is 29.3 Å². The second kappa shape index (κ2) is 6.32. The third-order valence-corrected chi connectivity index (χ3v) is 7.45. The number of sulfone groups is 1. The Hall–Kier alpha value is -1.54. The molecule has 1 aromatic carbocycles. The Morgan fingerprint density at radius 2 is 2.04 bits per heavy atom. The molecule has 0 unspecified atom stereocenters. The summed E-state index contributed by atoms with van der Waals surface area (Å²) in [5.41, 5.74) is 0.203. The van der Waals surface area contributed by atoms with E-state index in [1.807, 2.05) is 49.9 Å². The second-order valence-electron chi connectivity index (χ2n) is 7.32. The number of ether oxygens (including phenoxy) is 1. The Bertz CT molecular complexity index is 827. The fourth-order valence-corrected chi connectivity index (χ4v) is 6.79. The number of rotatable bonds is 2. The van der Waals surface area contributed by atoms with Crippen LogP contribution < -0.4 is 9.64 Å². The maximum Gasteiger partial charge on any atom is 0.253 e. The summed E-state index contributed by atoms with van der Waals surface area (Å²) in [6, 6.07) is 7.18. The van der Waals surface area contributed by atoms with Crippen LogP contribution in [0, 0.1) is 5.41 Å². The average molecular weight is 383 g/mol. The number of aliphatic imine (C=N–C) groups is 1. The van der Waals surface area contributed by atoms with Gasteiger partial charge in [-0.3, -0.25) is 4.79 Å². The molecule has 2 aliphatic heterocycles. The van der Waals surface area contributed by atoms with Crippen molar-refractivity contribution in [2.75, 3.05) is 23.5 Å². The smallest absolute Gasteiger partial charge is 0.253 e. The summed E-state index contributed by atoms with van der Waals surface area (Å²) in [4.78, 5) is 18.6. The molecule has 6 nitrogen and oxygen atoms in total. The topological polar surface area (TPSA) is 76.0 Å². The summed E-state index contributed by atoms with van der Waals surface area (Å²) in [6.45, 7) is 5.46. The van der Waals surface area contributed by atoms with Gasteiger partial charge in [-0.1, -0.05) is 38.6 Å². The van der Waals surface area contributed by atoms with Crippen LogP contribution >= 0.6 is 11.8 Å². The number of amidine groups is 1. The maximum absolute atomic E-state index is 12.4. The Kier molecular flexibility index (Phi) is 4.61. The molecule has 0 radical (unpaired) electrons. The van der Waals surface area contributed by atoms with Gasteiger partial charge in [-0.25, -0.2) is 8.42 Å². The van der Waals surface area contributed by atoms with E-state index in [0.717, 1.165) is 5.69 Å². The number of amides is 1. The number of benzene rings is 1. The second-order valence-corrected chi connectivity index (χ2v) is 10.7. The van der Waals surface area contributed by atoms with Crippen molar-refractivity contribution in [1.82, 2.24) is 0 Å². The molecule has 2 saturated heterocycles. The van der Waals surface area contributed by atoms with Gasteiger partial charge in [0.25, 0.3) is 5.91 Å². The van der Waals surface area contributed by atoms with E-state index in [1.54, 1.807) is 7.11 Å². The molecule has 25 heavy (non-hydrogen) atoms. The van der Waals surface area contributed by atoms with Gasteiger partial charge in [0.2, 0.25) is 0 Å². The molecule has 0 aliphatic carbocycles. The summed E-state index contributed by atoms with van der Waals surface area (Å²) < 4.78 is 29.4. The predicted molar refractivity (Wildman–Crippen MR) is 101 cm³/mol. The average Bonchev–Trinajstić information content (AvgIpc) is 2.97. The van der Waals surface area contributed by atoms with E-state index in [4.69, 9.17) is 4.74 Å². The summed E-state index contributed by atoms with van der Waals surface area (Å²) in [5, 5.41) is 0.459. The first-order valence-electron chi connectivity index (χ1n) is 8.04. The van der Waals surface area contributed by atoms with E-state index < -0.39 is 15.3 Å². The van der Waals surface area contributed by atoms with Crippen molar-refractivity contribution in [2.45, 2.75) is 32.1 Å². The summed E-state index contributed by atoms with van der Waals surface area (Å²) in [5.74, 6) is 0.648. The highest BCUT2D eigenvalue weighted by atomic mass is 32.2. The van der Waals surface area contributed by atoms with Crippen LogP contribution in [0.2, 0.25) is 0 Å². The minimum absolute atomic E-state index is 0.0740.